The Bertz CT molecular complexity index is 762. The summed E-state index contributed by atoms with van der Waals surface area (Å²) in [6, 6.07) is 2.01. The third-order valence-electron chi connectivity index (χ3n) is 4.21. The molecule has 0 aromatic carbocycles. The molecule has 27 heavy (non-hydrogen) atoms. The summed E-state index contributed by atoms with van der Waals surface area (Å²) in [6.07, 6.45) is 0. The Morgan fingerprint density at radius 3 is 2.41 bits per heavy atom. The first kappa shape index (κ1) is 23.6. The highest BCUT2D eigenvalue weighted by Gasteiger charge is 2.25. The fraction of sp³-hybridized carbons (Fsp3) is 0.529. The average Bonchev–Trinajstić information content (AvgIpc) is 3.10. The van der Waals surface area contributed by atoms with Gasteiger partial charge >= 0.3 is 0 Å². The molecule has 10 heteroatoms. The third kappa shape index (κ3) is 5.51. The molecule has 1 aliphatic rings. The molecule has 0 atom stereocenters. The molecule has 0 bridgehead atoms. The lowest BCUT2D eigenvalue weighted by atomic mass is 10.2. The van der Waals surface area contributed by atoms with Crippen molar-refractivity contribution in [3.8, 4) is 0 Å². The highest BCUT2D eigenvalue weighted by molar-refractivity contribution is 7.09. The molecule has 3 rings (SSSR count). The largest absolute Gasteiger partial charge is 0.353 e. The van der Waals surface area contributed by atoms with Gasteiger partial charge in [-0.25, -0.2) is 15.0 Å². The molecule has 150 valence electrons. The minimum atomic E-state index is -0.0164. The van der Waals surface area contributed by atoms with Crippen molar-refractivity contribution in [2.45, 2.75) is 33.2 Å². The van der Waals surface area contributed by atoms with Crippen LogP contribution in [0, 0.1) is 6.92 Å². The number of halogens is 2. The van der Waals surface area contributed by atoms with Crippen LogP contribution in [-0.4, -0.2) is 51.9 Å². The molecular weight excluding hydrogens is 407 g/mol. The minimum absolute atomic E-state index is 0. The van der Waals surface area contributed by atoms with Gasteiger partial charge < -0.3 is 15.5 Å². The Morgan fingerprint density at radius 2 is 1.85 bits per heavy atom. The minimum Gasteiger partial charge on any atom is -0.353 e. The molecule has 1 amide bonds. The number of hydrogen-bond acceptors (Lipinski definition) is 7. The number of piperazine rings is 1. The van der Waals surface area contributed by atoms with Gasteiger partial charge in [-0.1, -0.05) is 13.8 Å². The second kappa shape index (κ2) is 10.2. The number of thiazole rings is 1. The Labute approximate surface area is 176 Å². The number of rotatable bonds is 4. The van der Waals surface area contributed by atoms with Gasteiger partial charge in [0, 0.05) is 55.8 Å². The van der Waals surface area contributed by atoms with E-state index in [-0.39, 0.29) is 30.7 Å². The van der Waals surface area contributed by atoms with Crippen LogP contribution in [0.25, 0.3) is 0 Å². The van der Waals surface area contributed by atoms with Gasteiger partial charge in [0.25, 0.3) is 5.91 Å². The predicted molar refractivity (Wildman–Crippen MR) is 113 cm³/mol. The van der Waals surface area contributed by atoms with Crippen molar-refractivity contribution in [3.05, 3.63) is 33.7 Å². The first-order chi connectivity index (χ1) is 12.0. The van der Waals surface area contributed by atoms with Crippen molar-refractivity contribution in [2.75, 3.05) is 31.1 Å². The van der Waals surface area contributed by atoms with E-state index in [0.717, 1.165) is 35.4 Å². The van der Waals surface area contributed by atoms with Crippen LogP contribution in [0.5, 0.6) is 0 Å². The number of aromatic nitrogens is 3. The highest BCUT2D eigenvalue weighted by Crippen LogP contribution is 2.19. The zero-order valence-corrected chi connectivity index (χ0v) is 18.2. The maximum atomic E-state index is 12.6. The Hall–Kier alpha value is -1.48. The first-order valence-corrected chi connectivity index (χ1v) is 9.40. The summed E-state index contributed by atoms with van der Waals surface area (Å²) in [7, 11) is 0. The van der Waals surface area contributed by atoms with Gasteiger partial charge in [0.15, 0.2) is 0 Å². The normalized spacial score (nSPS) is 14.0. The van der Waals surface area contributed by atoms with Crippen LogP contribution in [0.15, 0.2) is 11.4 Å². The van der Waals surface area contributed by atoms with E-state index in [1.54, 1.807) is 5.38 Å². The van der Waals surface area contributed by atoms with Gasteiger partial charge in [-0.2, -0.15) is 0 Å². The Morgan fingerprint density at radius 1 is 1.19 bits per heavy atom. The van der Waals surface area contributed by atoms with Gasteiger partial charge in [0.1, 0.15) is 22.3 Å². The lowest BCUT2D eigenvalue weighted by molar-refractivity contribution is 0.0741. The second-order valence-corrected chi connectivity index (χ2v) is 7.43. The lowest BCUT2D eigenvalue weighted by Crippen LogP contribution is -2.49. The molecule has 0 spiro atoms. The number of hydrogen-bond donors (Lipinski definition) is 1. The van der Waals surface area contributed by atoms with Crippen molar-refractivity contribution in [1.29, 1.82) is 0 Å². The number of carbonyl (C=O) groups excluding carboxylic acids is 1. The quantitative estimate of drug-likeness (QED) is 0.798. The van der Waals surface area contributed by atoms with E-state index in [9.17, 15) is 4.79 Å². The van der Waals surface area contributed by atoms with E-state index in [1.807, 2.05) is 17.9 Å². The van der Waals surface area contributed by atoms with E-state index < -0.39 is 0 Å². The van der Waals surface area contributed by atoms with E-state index in [2.05, 4.69) is 33.7 Å². The molecule has 7 nitrogen and oxygen atoms in total. The second-order valence-electron chi connectivity index (χ2n) is 6.49. The molecule has 2 N–H and O–H groups in total. The van der Waals surface area contributed by atoms with E-state index in [0.29, 0.717) is 31.2 Å². The third-order valence-corrected chi connectivity index (χ3v) is 5.08. The van der Waals surface area contributed by atoms with Crippen molar-refractivity contribution in [1.82, 2.24) is 19.9 Å². The summed E-state index contributed by atoms with van der Waals surface area (Å²) in [5, 5.41) is 2.58. The zero-order valence-electron chi connectivity index (χ0n) is 15.7. The van der Waals surface area contributed by atoms with Crippen LogP contribution in [-0.2, 0) is 6.54 Å². The van der Waals surface area contributed by atoms with Crippen LogP contribution >= 0.6 is 36.2 Å². The summed E-state index contributed by atoms with van der Waals surface area (Å²) in [5.41, 5.74) is 7.05. The Kier molecular flexibility index (Phi) is 8.87. The highest BCUT2D eigenvalue weighted by atomic mass is 35.5. The molecular formula is C17H26Cl2N6OS. The molecule has 0 unspecified atom stereocenters. The SMILES string of the molecule is Cc1cc(N2CCN(C(=O)c3csc(CN)n3)CC2)nc(C(C)C)n1.Cl.Cl. The summed E-state index contributed by atoms with van der Waals surface area (Å²) in [5.74, 6) is 2.09. The van der Waals surface area contributed by atoms with Gasteiger partial charge in [-0.3, -0.25) is 4.79 Å². The smallest absolute Gasteiger partial charge is 0.273 e. The van der Waals surface area contributed by atoms with Crippen LogP contribution in [0.4, 0.5) is 5.82 Å². The average molecular weight is 433 g/mol. The van der Waals surface area contributed by atoms with E-state index in [4.69, 9.17) is 5.73 Å². The van der Waals surface area contributed by atoms with Crippen molar-refractivity contribution >= 4 is 47.9 Å². The number of aryl methyl sites for hydroxylation is 1. The van der Waals surface area contributed by atoms with Crippen LogP contribution in [0.3, 0.4) is 0 Å². The molecule has 1 aliphatic heterocycles. The van der Waals surface area contributed by atoms with Crippen LogP contribution in [0.2, 0.25) is 0 Å². The van der Waals surface area contributed by atoms with Gasteiger partial charge in [0.2, 0.25) is 0 Å². The van der Waals surface area contributed by atoms with E-state index in [1.165, 1.54) is 11.3 Å². The molecule has 3 heterocycles. The zero-order chi connectivity index (χ0) is 18.0. The fourth-order valence-corrected chi connectivity index (χ4v) is 3.45. The molecule has 0 radical (unpaired) electrons. The molecule has 1 saturated heterocycles. The van der Waals surface area contributed by atoms with Gasteiger partial charge in [-0.15, -0.1) is 36.2 Å². The molecule has 1 fully saturated rings. The summed E-state index contributed by atoms with van der Waals surface area (Å²) >= 11 is 1.43. The summed E-state index contributed by atoms with van der Waals surface area (Å²) in [6.45, 7) is 9.40. The van der Waals surface area contributed by atoms with Crippen molar-refractivity contribution < 1.29 is 4.79 Å². The van der Waals surface area contributed by atoms with Crippen molar-refractivity contribution in [3.63, 3.8) is 0 Å². The molecule has 0 saturated carbocycles. The van der Waals surface area contributed by atoms with Gasteiger partial charge in [-0.05, 0) is 6.92 Å². The predicted octanol–water partition coefficient (Wildman–Crippen LogP) is 2.63. The molecule has 2 aromatic heterocycles. The number of amides is 1. The number of carbonyl (C=O) groups is 1. The first-order valence-electron chi connectivity index (χ1n) is 8.52. The van der Waals surface area contributed by atoms with Crippen LogP contribution in [0.1, 0.15) is 46.8 Å². The number of anilines is 1. The maximum Gasteiger partial charge on any atom is 0.273 e. The molecule has 0 aliphatic carbocycles. The standard InChI is InChI=1S/C17H24N6OS.2ClH/c1-11(2)16-19-12(3)8-14(21-16)22-4-6-23(7-5-22)17(24)13-10-25-15(9-18)20-13;;/h8,10-11H,4-7,9,18H2,1-3H3;2*1H. The fourth-order valence-electron chi connectivity index (χ4n) is 2.80. The maximum absolute atomic E-state index is 12.6. The Balaban J connectivity index is 0.00000182. The monoisotopic (exact) mass is 432 g/mol. The van der Waals surface area contributed by atoms with Crippen molar-refractivity contribution in [2.24, 2.45) is 5.73 Å². The number of nitrogens with two attached hydrogens (primary N) is 1. The lowest BCUT2D eigenvalue weighted by Gasteiger charge is -2.35. The van der Waals surface area contributed by atoms with Gasteiger partial charge in [0.05, 0.1) is 0 Å². The number of nitrogens with zero attached hydrogens (tertiary/aromatic N) is 5. The van der Waals surface area contributed by atoms with E-state index >= 15 is 0 Å². The topological polar surface area (TPSA) is 88.2 Å². The summed E-state index contributed by atoms with van der Waals surface area (Å²) < 4.78 is 0. The van der Waals surface area contributed by atoms with Crippen LogP contribution < -0.4 is 10.6 Å². The summed E-state index contributed by atoms with van der Waals surface area (Å²) in [4.78, 5) is 30.1. The molecule has 2 aromatic rings.